The maximum absolute atomic E-state index is 12.9. The van der Waals surface area contributed by atoms with Crippen molar-refractivity contribution in [2.24, 2.45) is 0 Å². The first-order valence-electron chi connectivity index (χ1n) is 33.7. The van der Waals surface area contributed by atoms with Gasteiger partial charge in [-0.1, -0.05) is 283 Å². The molecule has 0 radical (unpaired) electrons. The average Bonchev–Trinajstić information content (AvgIpc) is 3.46. The number of unbranched alkanes of at least 4 members (excludes halogenated alkanes) is 27. The highest BCUT2D eigenvalue weighted by atomic mass is 16.6. The Balaban J connectivity index is 4.36. The summed E-state index contributed by atoms with van der Waals surface area (Å²) in [5.41, 5.74) is 0. The second kappa shape index (κ2) is 68.1. The van der Waals surface area contributed by atoms with Gasteiger partial charge in [0, 0.05) is 19.3 Å². The van der Waals surface area contributed by atoms with Crippen LogP contribution in [0.1, 0.15) is 303 Å². The highest BCUT2D eigenvalue weighted by Crippen LogP contribution is 2.16. The summed E-state index contributed by atoms with van der Waals surface area (Å²) in [7, 11) is 0. The lowest BCUT2D eigenvalue weighted by Gasteiger charge is -2.18. The molecule has 0 fully saturated rings. The van der Waals surface area contributed by atoms with Crippen molar-refractivity contribution in [2.75, 3.05) is 13.2 Å². The lowest BCUT2D eigenvalue weighted by Crippen LogP contribution is -2.30. The van der Waals surface area contributed by atoms with E-state index in [9.17, 15) is 14.4 Å². The molecular formula is C75H124O6. The van der Waals surface area contributed by atoms with Gasteiger partial charge < -0.3 is 14.2 Å². The molecule has 0 amide bonds. The van der Waals surface area contributed by atoms with Crippen LogP contribution in [0.3, 0.4) is 0 Å². The predicted molar refractivity (Wildman–Crippen MR) is 353 cm³/mol. The summed E-state index contributed by atoms with van der Waals surface area (Å²) in [4.78, 5) is 38.4. The monoisotopic (exact) mass is 1120 g/mol. The average molecular weight is 1120 g/mol. The lowest BCUT2D eigenvalue weighted by molar-refractivity contribution is -0.167. The molecule has 0 bridgehead atoms. The number of esters is 3. The van der Waals surface area contributed by atoms with Crippen molar-refractivity contribution in [1.29, 1.82) is 0 Å². The Bertz CT molecular complexity index is 1720. The van der Waals surface area contributed by atoms with Gasteiger partial charge in [0.05, 0.1) is 0 Å². The third-order valence-electron chi connectivity index (χ3n) is 14.1. The Labute approximate surface area is 500 Å². The van der Waals surface area contributed by atoms with Crippen molar-refractivity contribution in [1.82, 2.24) is 0 Å². The van der Waals surface area contributed by atoms with Crippen LogP contribution in [0.2, 0.25) is 0 Å². The molecule has 0 aliphatic heterocycles. The number of hydrogen-bond donors (Lipinski definition) is 0. The Hall–Kier alpha value is -4.45. The van der Waals surface area contributed by atoms with Crippen molar-refractivity contribution < 1.29 is 28.6 Å². The van der Waals surface area contributed by atoms with E-state index < -0.39 is 6.10 Å². The van der Waals surface area contributed by atoms with E-state index in [4.69, 9.17) is 14.2 Å². The molecular weight excluding hydrogens is 997 g/mol. The SMILES string of the molecule is CC/C=C\C/C=C\C/C=C\C/C=C\C/C=C\CCCCCCCCCCCC(=O)OCC(COC(=O)CCCCCCC/C=C\CCCCCC)OC(=O)CCCCCCCCCCC/C=C\C/C=C\C/C=C\C/C=C\C/C=C\CC. The standard InChI is InChI=1S/C75H124O6/c1-4-7-10-13-16-19-22-25-27-29-31-33-35-37-39-41-43-45-47-50-53-56-59-62-65-68-74(77)80-71-72(70-79-73(76)67-64-61-58-55-52-49-24-21-18-15-12-9-6-3)81-75(78)69-66-63-60-57-54-51-48-46-44-42-40-38-36-34-32-30-28-26-23-20-17-14-11-8-5-2/h7-8,10-11,16-17,19-21,24-28,31-34,37-40,72H,4-6,9,12-15,18,22-23,29-30,35-36,41-71H2,1-3H3/b10-7-,11-8-,19-16-,20-17-,24-21-,27-25-,28-26-,33-31-,34-32-,39-37-,40-38-. The highest BCUT2D eigenvalue weighted by molar-refractivity contribution is 5.71. The van der Waals surface area contributed by atoms with Gasteiger partial charge in [-0.05, 0) is 135 Å². The molecule has 0 aliphatic rings. The van der Waals surface area contributed by atoms with Gasteiger partial charge in [0.25, 0.3) is 0 Å². The van der Waals surface area contributed by atoms with Crippen molar-refractivity contribution in [3.05, 3.63) is 134 Å². The second-order valence-corrected chi connectivity index (χ2v) is 22.0. The van der Waals surface area contributed by atoms with Crippen molar-refractivity contribution in [3.63, 3.8) is 0 Å². The van der Waals surface area contributed by atoms with E-state index in [0.717, 1.165) is 141 Å². The molecule has 0 aromatic rings. The Morgan fingerprint density at radius 1 is 0.259 bits per heavy atom. The van der Waals surface area contributed by atoms with Crippen molar-refractivity contribution >= 4 is 17.9 Å². The number of ether oxygens (including phenoxy) is 3. The van der Waals surface area contributed by atoms with Gasteiger partial charge in [-0.3, -0.25) is 14.4 Å². The van der Waals surface area contributed by atoms with Gasteiger partial charge in [-0.15, -0.1) is 0 Å². The Kier molecular flexibility index (Phi) is 64.3. The minimum absolute atomic E-state index is 0.0889. The highest BCUT2D eigenvalue weighted by Gasteiger charge is 2.19. The van der Waals surface area contributed by atoms with Crippen LogP contribution in [0.25, 0.3) is 0 Å². The Morgan fingerprint density at radius 3 is 0.765 bits per heavy atom. The summed E-state index contributed by atoms with van der Waals surface area (Å²) in [5, 5.41) is 0. The van der Waals surface area contributed by atoms with Crippen LogP contribution in [0.4, 0.5) is 0 Å². The van der Waals surface area contributed by atoms with Crippen LogP contribution < -0.4 is 0 Å². The van der Waals surface area contributed by atoms with Gasteiger partial charge in [0.2, 0.25) is 0 Å². The van der Waals surface area contributed by atoms with Gasteiger partial charge in [0.15, 0.2) is 6.10 Å². The second-order valence-electron chi connectivity index (χ2n) is 22.0. The third-order valence-corrected chi connectivity index (χ3v) is 14.1. The first-order chi connectivity index (χ1) is 40.0. The molecule has 0 saturated carbocycles. The molecule has 0 saturated heterocycles. The summed E-state index contributed by atoms with van der Waals surface area (Å²) in [5.74, 6) is -0.904. The molecule has 460 valence electrons. The van der Waals surface area contributed by atoms with Gasteiger partial charge in [0.1, 0.15) is 13.2 Å². The molecule has 0 aliphatic carbocycles. The van der Waals surface area contributed by atoms with Crippen LogP contribution in [-0.4, -0.2) is 37.2 Å². The van der Waals surface area contributed by atoms with E-state index in [2.05, 4.69) is 154 Å². The van der Waals surface area contributed by atoms with E-state index in [0.29, 0.717) is 19.3 Å². The van der Waals surface area contributed by atoms with Crippen LogP contribution >= 0.6 is 0 Å². The molecule has 0 aromatic heterocycles. The first-order valence-corrected chi connectivity index (χ1v) is 33.7. The summed E-state index contributed by atoms with van der Waals surface area (Å²) in [6.07, 6.45) is 96.0. The fourth-order valence-electron chi connectivity index (χ4n) is 9.14. The van der Waals surface area contributed by atoms with Crippen LogP contribution in [0.5, 0.6) is 0 Å². The summed E-state index contributed by atoms with van der Waals surface area (Å²) in [6.45, 7) is 6.40. The van der Waals surface area contributed by atoms with E-state index in [-0.39, 0.29) is 31.1 Å². The van der Waals surface area contributed by atoms with Crippen LogP contribution in [-0.2, 0) is 28.6 Å². The molecule has 0 rings (SSSR count). The zero-order valence-corrected chi connectivity index (χ0v) is 52.8. The number of carbonyl (C=O) groups excluding carboxylic acids is 3. The van der Waals surface area contributed by atoms with E-state index in [1.807, 2.05) is 0 Å². The van der Waals surface area contributed by atoms with E-state index >= 15 is 0 Å². The summed E-state index contributed by atoms with van der Waals surface area (Å²) < 4.78 is 16.9. The van der Waals surface area contributed by atoms with Crippen LogP contribution in [0.15, 0.2) is 134 Å². The third kappa shape index (κ3) is 66.2. The van der Waals surface area contributed by atoms with Crippen molar-refractivity contribution in [2.45, 2.75) is 309 Å². The molecule has 1 unspecified atom stereocenters. The predicted octanol–water partition coefficient (Wildman–Crippen LogP) is 23.3. The number of allylic oxidation sites excluding steroid dienone is 22. The molecule has 0 heterocycles. The Morgan fingerprint density at radius 2 is 0.481 bits per heavy atom. The maximum Gasteiger partial charge on any atom is 0.306 e. The molecule has 6 nitrogen and oxygen atoms in total. The smallest absolute Gasteiger partial charge is 0.306 e. The van der Waals surface area contributed by atoms with Crippen LogP contribution in [0, 0.1) is 0 Å². The topological polar surface area (TPSA) is 78.9 Å². The molecule has 0 N–H and O–H groups in total. The fourth-order valence-corrected chi connectivity index (χ4v) is 9.14. The number of rotatable bonds is 60. The minimum atomic E-state index is -0.793. The molecule has 6 heteroatoms. The minimum Gasteiger partial charge on any atom is -0.462 e. The summed E-state index contributed by atoms with van der Waals surface area (Å²) in [6, 6.07) is 0. The van der Waals surface area contributed by atoms with E-state index in [1.165, 1.54) is 122 Å². The molecule has 1 atom stereocenters. The number of carbonyl (C=O) groups is 3. The van der Waals surface area contributed by atoms with Gasteiger partial charge in [-0.25, -0.2) is 0 Å². The zero-order chi connectivity index (χ0) is 58.5. The maximum atomic E-state index is 12.9. The van der Waals surface area contributed by atoms with E-state index in [1.54, 1.807) is 0 Å². The zero-order valence-electron chi connectivity index (χ0n) is 52.8. The molecule has 0 spiro atoms. The van der Waals surface area contributed by atoms with Gasteiger partial charge in [-0.2, -0.15) is 0 Å². The molecule has 81 heavy (non-hydrogen) atoms. The fraction of sp³-hybridized carbons (Fsp3) is 0.667. The largest absolute Gasteiger partial charge is 0.462 e. The normalized spacial score (nSPS) is 13.0. The van der Waals surface area contributed by atoms with Crippen molar-refractivity contribution in [3.8, 4) is 0 Å². The first kappa shape index (κ1) is 76.5. The quantitative estimate of drug-likeness (QED) is 0.0261. The lowest BCUT2D eigenvalue weighted by atomic mass is 10.1. The summed E-state index contributed by atoms with van der Waals surface area (Å²) >= 11 is 0. The number of hydrogen-bond acceptors (Lipinski definition) is 6. The van der Waals surface area contributed by atoms with Gasteiger partial charge >= 0.3 is 17.9 Å². The molecule has 0 aromatic carbocycles.